The SMILES string of the molecule is COCc1ccccc1NC(=O)c1cccnc1SC. The highest BCUT2D eigenvalue weighted by Crippen LogP contribution is 2.20. The number of benzene rings is 1. The lowest BCUT2D eigenvalue weighted by Gasteiger charge is -2.11. The first-order valence-electron chi connectivity index (χ1n) is 6.13. The third-order valence-corrected chi connectivity index (χ3v) is 3.49. The van der Waals surface area contributed by atoms with Gasteiger partial charge in [0, 0.05) is 24.6 Å². The number of anilines is 1. The molecule has 1 heterocycles. The third-order valence-electron chi connectivity index (χ3n) is 2.77. The van der Waals surface area contributed by atoms with Gasteiger partial charge in [-0.15, -0.1) is 11.8 Å². The van der Waals surface area contributed by atoms with E-state index in [1.54, 1.807) is 25.4 Å². The number of pyridine rings is 1. The van der Waals surface area contributed by atoms with Gasteiger partial charge in [-0.25, -0.2) is 4.98 Å². The van der Waals surface area contributed by atoms with Gasteiger partial charge in [0.05, 0.1) is 12.2 Å². The molecule has 2 aromatic rings. The molecule has 0 aliphatic carbocycles. The summed E-state index contributed by atoms with van der Waals surface area (Å²) < 4.78 is 5.13. The molecule has 1 aromatic heterocycles. The maximum Gasteiger partial charge on any atom is 0.258 e. The van der Waals surface area contributed by atoms with E-state index in [2.05, 4.69) is 10.3 Å². The fourth-order valence-electron chi connectivity index (χ4n) is 1.84. The molecule has 0 saturated heterocycles. The Hall–Kier alpha value is -1.85. The molecule has 1 amide bonds. The van der Waals surface area contributed by atoms with Gasteiger partial charge < -0.3 is 10.1 Å². The highest BCUT2D eigenvalue weighted by Gasteiger charge is 2.13. The number of methoxy groups -OCH3 is 1. The van der Waals surface area contributed by atoms with Crippen molar-refractivity contribution >= 4 is 23.4 Å². The van der Waals surface area contributed by atoms with E-state index < -0.39 is 0 Å². The van der Waals surface area contributed by atoms with E-state index >= 15 is 0 Å². The van der Waals surface area contributed by atoms with Gasteiger partial charge in [-0.1, -0.05) is 18.2 Å². The van der Waals surface area contributed by atoms with E-state index in [0.29, 0.717) is 17.2 Å². The molecule has 2 rings (SSSR count). The molecule has 0 radical (unpaired) electrons. The van der Waals surface area contributed by atoms with Crippen LogP contribution in [0.4, 0.5) is 5.69 Å². The summed E-state index contributed by atoms with van der Waals surface area (Å²) in [5.74, 6) is -0.161. The molecule has 1 aromatic carbocycles. The maximum atomic E-state index is 12.3. The smallest absolute Gasteiger partial charge is 0.258 e. The molecule has 0 unspecified atom stereocenters. The molecule has 1 N–H and O–H groups in total. The minimum Gasteiger partial charge on any atom is -0.380 e. The first kappa shape index (κ1) is 14.6. The van der Waals surface area contributed by atoms with Crippen LogP contribution in [-0.2, 0) is 11.3 Å². The molecule has 0 aliphatic rings. The van der Waals surface area contributed by atoms with Crippen LogP contribution < -0.4 is 5.32 Å². The second-order valence-corrected chi connectivity index (χ2v) is 4.90. The van der Waals surface area contributed by atoms with Crippen molar-refractivity contribution in [2.75, 3.05) is 18.7 Å². The summed E-state index contributed by atoms with van der Waals surface area (Å²) in [7, 11) is 1.63. The molecule has 104 valence electrons. The molecular weight excluding hydrogens is 272 g/mol. The van der Waals surface area contributed by atoms with Crippen LogP contribution in [0.2, 0.25) is 0 Å². The number of aromatic nitrogens is 1. The summed E-state index contributed by atoms with van der Waals surface area (Å²) in [5.41, 5.74) is 2.28. The molecule has 0 fully saturated rings. The van der Waals surface area contributed by atoms with E-state index in [4.69, 9.17) is 4.74 Å². The minimum atomic E-state index is -0.161. The second-order valence-electron chi connectivity index (χ2n) is 4.10. The Bertz CT molecular complexity index is 602. The maximum absolute atomic E-state index is 12.3. The summed E-state index contributed by atoms with van der Waals surface area (Å²) in [4.78, 5) is 16.5. The molecule has 0 bridgehead atoms. The van der Waals surface area contributed by atoms with Gasteiger partial charge in [0.25, 0.3) is 5.91 Å². The largest absolute Gasteiger partial charge is 0.380 e. The van der Waals surface area contributed by atoms with Gasteiger partial charge in [0.15, 0.2) is 0 Å². The number of thioether (sulfide) groups is 1. The highest BCUT2D eigenvalue weighted by atomic mass is 32.2. The average Bonchev–Trinajstić information content (AvgIpc) is 2.49. The Morgan fingerprint density at radius 2 is 2.10 bits per heavy atom. The zero-order valence-electron chi connectivity index (χ0n) is 11.4. The zero-order chi connectivity index (χ0) is 14.4. The van der Waals surface area contributed by atoms with Crippen molar-refractivity contribution in [3.8, 4) is 0 Å². The topological polar surface area (TPSA) is 51.2 Å². The van der Waals surface area contributed by atoms with Gasteiger partial charge in [-0.2, -0.15) is 0 Å². The summed E-state index contributed by atoms with van der Waals surface area (Å²) in [6.45, 7) is 0.457. The van der Waals surface area contributed by atoms with E-state index in [0.717, 1.165) is 11.3 Å². The Morgan fingerprint density at radius 1 is 1.30 bits per heavy atom. The molecule has 20 heavy (non-hydrogen) atoms. The van der Waals surface area contributed by atoms with Crippen molar-refractivity contribution in [2.24, 2.45) is 0 Å². The number of para-hydroxylation sites is 1. The number of ether oxygens (including phenoxy) is 1. The normalized spacial score (nSPS) is 10.3. The fourth-order valence-corrected chi connectivity index (χ4v) is 2.39. The molecule has 4 nitrogen and oxygen atoms in total. The fraction of sp³-hybridized carbons (Fsp3) is 0.200. The van der Waals surface area contributed by atoms with Crippen molar-refractivity contribution in [3.63, 3.8) is 0 Å². The Labute approximate surface area is 122 Å². The first-order chi connectivity index (χ1) is 9.76. The van der Waals surface area contributed by atoms with Gasteiger partial charge in [-0.05, 0) is 24.5 Å². The summed E-state index contributed by atoms with van der Waals surface area (Å²) in [5, 5.41) is 3.63. The van der Waals surface area contributed by atoms with E-state index in [1.165, 1.54) is 11.8 Å². The highest BCUT2D eigenvalue weighted by molar-refractivity contribution is 7.98. The number of nitrogens with zero attached hydrogens (tertiary/aromatic N) is 1. The Kier molecular flexibility index (Phi) is 5.15. The van der Waals surface area contributed by atoms with Crippen LogP contribution in [0.1, 0.15) is 15.9 Å². The third kappa shape index (κ3) is 3.37. The molecule has 0 saturated carbocycles. The van der Waals surface area contributed by atoms with Crippen molar-refractivity contribution in [3.05, 3.63) is 53.7 Å². The van der Waals surface area contributed by atoms with Crippen LogP contribution in [0.5, 0.6) is 0 Å². The molecule has 0 spiro atoms. The number of hydrogen-bond acceptors (Lipinski definition) is 4. The predicted octanol–water partition coefficient (Wildman–Crippen LogP) is 3.20. The number of carbonyl (C=O) groups is 1. The van der Waals surface area contributed by atoms with E-state index in [1.807, 2.05) is 30.5 Å². The number of carbonyl (C=O) groups excluding carboxylic acids is 1. The number of amides is 1. The Morgan fingerprint density at radius 3 is 2.85 bits per heavy atom. The van der Waals surface area contributed by atoms with Gasteiger partial charge in [-0.3, -0.25) is 4.79 Å². The van der Waals surface area contributed by atoms with Crippen molar-refractivity contribution < 1.29 is 9.53 Å². The van der Waals surface area contributed by atoms with Gasteiger partial charge in [0.2, 0.25) is 0 Å². The first-order valence-corrected chi connectivity index (χ1v) is 7.36. The minimum absolute atomic E-state index is 0.161. The van der Waals surface area contributed by atoms with Crippen LogP contribution in [-0.4, -0.2) is 24.3 Å². The summed E-state index contributed by atoms with van der Waals surface area (Å²) >= 11 is 1.45. The lowest BCUT2D eigenvalue weighted by atomic mass is 10.1. The molecule has 5 heteroatoms. The second kappa shape index (κ2) is 7.07. The Balaban J connectivity index is 2.24. The van der Waals surface area contributed by atoms with Gasteiger partial charge >= 0.3 is 0 Å². The van der Waals surface area contributed by atoms with Crippen LogP contribution in [0.25, 0.3) is 0 Å². The zero-order valence-corrected chi connectivity index (χ0v) is 12.2. The predicted molar refractivity (Wildman–Crippen MR) is 81.1 cm³/mol. The summed E-state index contributed by atoms with van der Waals surface area (Å²) in [6, 6.07) is 11.1. The van der Waals surface area contributed by atoms with Crippen molar-refractivity contribution in [2.45, 2.75) is 11.6 Å². The quantitative estimate of drug-likeness (QED) is 0.858. The number of hydrogen-bond donors (Lipinski definition) is 1. The summed E-state index contributed by atoms with van der Waals surface area (Å²) in [6.07, 6.45) is 3.58. The average molecular weight is 288 g/mol. The molecule has 0 aliphatic heterocycles. The van der Waals surface area contributed by atoms with E-state index in [9.17, 15) is 4.79 Å². The van der Waals surface area contributed by atoms with Crippen molar-refractivity contribution in [1.82, 2.24) is 4.98 Å². The van der Waals surface area contributed by atoms with Crippen LogP contribution in [0.15, 0.2) is 47.6 Å². The number of nitrogens with one attached hydrogen (secondary N) is 1. The monoisotopic (exact) mass is 288 g/mol. The van der Waals surface area contributed by atoms with Crippen LogP contribution in [0, 0.1) is 0 Å². The van der Waals surface area contributed by atoms with Crippen LogP contribution >= 0.6 is 11.8 Å². The lowest BCUT2D eigenvalue weighted by molar-refractivity contribution is 0.102. The van der Waals surface area contributed by atoms with E-state index in [-0.39, 0.29) is 5.91 Å². The lowest BCUT2D eigenvalue weighted by Crippen LogP contribution is -2.15. The van der Waals surface area contributed by atoms with Crippen molar-refractivity contribution in [1.29, 1.82) is 0 Å². The van der Waals surface area contributed by atoms with Gasteiger partial charge in [0.1, 0.15) is 5.03 Å². The van der Waals surface area contributed by atoms with Crippen LogP contribution in [0.3, 0.4) is 0 Å². The molecular formula is C15H16N2O2S. The number of rotatable bonds is 5. The molecule has 0 atom stereocenters. The standard InChI is InChI=1S/C15H16N2O2S/c1-19-10-11-6-3-4-8-13(11)17-14(18)12-7-5-9-16-15(12)20-2/h3-9H,10H2,1-2H3,(H,17,18).